The molecule has 3 N–H and O–H groups in total. The van der Waals surface area contributed by atoms with E-state index in [1.807, 2.05) is 6.92 Å². The van der Waals surface area contributed by atoms with E-state index in [4.69, 9.17) is 10.6 Å². The summed E-state index contributed by atoms with van der Waals surface area (Å²) >= 11 is 1.73. The van der Waals surface area contributed by atoms with Crippen LogP contribution < -0.4 is 11.3 Å². The Bertz CT molecular complexity index is 403. The Balaban J connectivity index is 1.89. The van der Waals surface area contributed by atoms with E-state index in [9.17, 15) is 0 Å². The monoisotopic (exact) mass is 296 g/mol. The second-order valence-corrected chi connectivity index (χ2v) is 5.67. The lowest BCUT2D eigenvalue weighted by molar-refractivity contribution is 0.146. The molecule has 1 aromatic rings. The van der Waals surface area contributed by atoms with Crippen LogP contribution >= 0.6 is 11.3 Å². The Labute approximate surface area is 124 Å². The highest BCUT2D eigenvalue weighted by atomic mass is 32.1. The molecule has 0 aromatic carbocycles. The fraction of sp³-hybridized carbons (Fsp3) is 0.643. The zero-order valence-corrected chi connectivity index (χ0v) is 12.9. The third-order valence-corrected chi connectivity index (χ3v) is 3.97. The standard InChI is InChI=1S/C14H24N4OS/c1-2-19-8-3-7-16-14(17-15)18(13-4-5-13)10-12-6-9-20-11-12/h6,9,11,13H,2-5,7-8,10,15H2,1H3,(H,16,17). The molecule has 0 saturated heterocycles. The molecule has 2 rings (SSSR count). The molecule has 5 nitrogen and oxygen atoms in total. The van der Waals surface area contributed by atoms with Crippen molar-refractivity contribution in [3.05, 3.63) is 22.4 Å². The maximum atomic E-state index is 5.66. The first kappa shape index (κ1) is 15.3. The van der Waals surface area contributed by atoms with Gasteiger partial charge in [0.25, 0.3) is 0 Å². The minimum Gasteiger partial charge on any atom is -0.382 e. The summed E-state index contributed by atoms with van der Waals surface area (Å²) in [6.07, 6.45) is 3.38. The van der Waals surface area contributed by atoms with Gasteiger partial charge in [0.1, 0.15) is 0 Å². The first-order chi connectivity index (χ1) is 9.85. The normalized spacial score (nSPS) is 15.4. The highest BCUT2D eigenvalue weighted by Crippen LogP contribution is 2.28. The van der Waals surface area contributed by atoms with Crippen LogP contribution in [-0.2, 0) is 11.3 Å². The molecule has 1 aliphatic carbocycles. The minimum atomic E-state index is 0.580. The van der Waals surface area contributed by atoms with Crippen LogP contribution in [0.25, 0.3) is 0 Å². The summed E-state index contributed by atoms with van der Waals surface area (Å²) in [5.41, 5.74) is 4.08. The van der Waals surface area contributed by atoms with Gasteiger partial charge in [-0.2, -0.15) is 11.3 Å². The number of aliphatic imine (C=N–C) groups is 1. The molecule has 0 bridgehead atoms. The Kier molecular flexibility index (Phi) is 6.29. The molecular weight excluding hydrogens is 272 g/mol. The van der Waals surface area contributed by atoms with Crippen LogP contribution in [-0.4, -0.2) is 36.7 Å². The van der Waals surface area contributed by atoms with Gasteiger partial charge in [0.15, 0.2) is 0 Å². The first-order valence-electron chi connectivity index (χ1n) is 7.21. The summed E-state index contributed by atoms with van der Waals surface area (Å²) in [7, 11) is 0. The first-order valence-corrected chi connectivity index (χ1v) is 8.16. The van der Waals surface area contributed by atoms with Crippen molar-refractivity contribution in [3.63, 3.8) is 0 Å². The number of nitrogens with one attached hydrogen (secondary N) is 1. The lowest BCUT2D eigenvalue weighted by Gasteiger charge is -2.25. The average molecular weight is 296 g/mol. The highest BCUT2D eigenvalue weighted by Gasteiger charge is 2.31. The van der Waals surface area contributed by atoms with E-state index in [-0.39, 0.29) is 0 Å². The summed E-state index contributed by atoms with van der Waals surface area (Å²) in [6, 6.07) is 2.74. The van der Waals surface area contributed by atoms with Gasteiger partial charge in [-0.15, -0.1) is 0 Å². The SMILES string of the molecule is CCOCCCN=C(NN)N(Cc1ccsc1)C1CC1. The largest absolute Gasteiger partial charge is 0.382 e. The lowest BCUT2D eigenvalue weighted by Crippen LogP contribution is -2.45. The van der Waals surface area contributed by atoms with Gasteiger partial charge >= 0.3 is 0 Å². The van der Waals surface area contributed by atoms with Gasteiger partial charge < -0.3 is 9.64 Å². The second-order valence-electron chi connectivity index (χ2n) is 4.89. The van der Waals surface area contributed by atoms with Gasteiger partial charge in [0.2, 0.25) is 5.96 Å². The summed E-state index contributed by atoms with van der Waals surface area (Å²) < 4.78 is 5.32. The fourth-order valence-corrected chi connectivity index (χ4v) is 2.72. The van der Waals surface area contributed by atoms with Crippen molar-refractivity contribution in [3.8, 4) is 0 Å². The van der Waals surface area contributed by atoms with Crippen LogP contribution in [0.1, 0.15) is 31.7 Å². The van der Waals surface area contributed by atoms with E-state index >= 15 is 0 Å². The van der Waals surface area contributed by atoms with E-state index in [1.165, 1.54) is 18.4 Å². The van der Waals surface area contributed by atoms with Crippen LogP contribution in [0.2, 0.25) is 0 Å². The van der Waals surface area contributed by atoms with Crippen molar-refractivity contribution in [1.82, 2.24) is 10.3 Å². The van der Waals surface area contributed by atoms with Crippen molar-refractivity contribution in [2.24, 2.45) is 10.8 Å². The van der Waals surface area contributed by atoms with Gasteiger partial charge in [-0.25, -0.2) is 5.84 Å². The molecule has 0 spiro atoms. The predicted molar refractivity (Wildman–Crippen MR) is 83.6 cm³/mol. The van der Waals surface area contributed by atoms with Crippen LogP contribution in [0.3, 0.4) is 0 Å². The molecule has 1 heterocycles. The number of hydrogen-bond acceptors (Lipinski definition) is 4. The maximum absolute atomic E-state index is 5.66. The molecule has 0 aliphatic heterocycles. The Morgan fingerprint density at radius 2 is 2.45 bits per heavy atom. The number of nitrogens with two attached hydrogens (primary N) is 1. The van der Waals surface area contributed by atoms with E-state index in [1.54, 1.807) is 11.3 Å². The van der Waals surface area contributed by atoms with Crippen LogP contribution in [0.15, 0.2) is 21.8 Å². The van der Waals surface area contributed by atoms with Crippen LogP contribution in [0.5, 0.6) is 0 Å². The van der Waals surface area contributed by atoms with E-state index < -0.39 is 0 Å². The van der Waals surface area contributed by atoms with Crippen LogP contribution in [0, 0.1) is 0 Å². The summed E-state index contributed by atoms with van der Waals surface area (Å²) in [6.45, 7) is 5.14. The summed E-state index contributed by atoms with van der Waals surface area (Å²) in [5.74, 6) is 6.46. The lowest BCUT2D eigenvalue weighted by atomic mass is 10.3. The number of rotatable bonds is 8. The van der Waals surface area contributed by atoms with E-state index in [2.05, 4.69) is 32.1 Å². The highest BCUT2D eigenvalue weighted by molar-refractivity contribution is 7.07. The number of hydrazine groups is 1. The van der Waals surface area contributed by atoms with Crippen LogP contribution in [0.4, 0.5) is 0 Å². The number of hydrogen-bond donors (Lipinski definition) is 2. The molecule has 112 valence electrons. The number of nitrogens with zero attached hydrogens (tertiary/aromatic N) is 2. The third-order valence-electron chi connectivity index (χ3n) is 3.23. The van der Waals surface area contributed by atoms with Crippen molar-refractivity contribution < 1.29 is 4.74 Å². The molecule has 1 fully saturated rings. The van der Waals surface area contributed by atoms with Crippen molar-refractivity contribution in [2.75, 3.05) is 19.8 Å². The van der Waals surface area contributed by atoms with Gasteiger partial charge in [0.05, 0.1) is 0 Å². The predicted octanol–water partition coefficient (Wildman–Crippen LogP) is 1.96. The zero-order valence-electron chi connectivity index (χ0n) is 12.0. The second kappa shape index (κ2) is 8.24. The summed E-state index contributed by atoms with van der Waals surface area (Å²) in [4.78, 5) is 6.87. The number of ether oxygens (including phenoxy) is 1. The topological polar surface area (TPSA) is 62.9 Å². The van der Waals surface area contributed by atoms with Gasteiger partial charge in [-0.05, 0) is 48.6 Å². The molecule has 1 saturated carbocycles. The van der Waals surface area contributed by atoms with Crippen molar-refractivity contribution in [2.45, 2.75) is 38.8 Å². The number of thiophene rings is 1. The van der Waals surface area contributed by atoms with E-state index in [0.717, 1.165) is 38.7 Å². The van der Waals surface area contributed by atoms with E-state index in [0.29, 0.717) is 6.04 Å². The Morgan fingerprint density at radius 1 is 1.60 bits per heavy atom. The summed E-state index contributed by atoms with van der Waals surface area (Å²) in [5, 5.41) is 4.29. The Morgan fingerprint density at radius 3 is 3.05 bits per heavy atom. The molecule has 6 heteroatoms. The van der Waals surface area contributed by atoms with Gasteiger partial charge in [-0.1, -0.05) is 0 Å². The molecule has 1 aliphatic rings. The average Bonchev–Trinajstić information content (AvgIpc) is 3.18. The quantitative estimate of drug-likeness (QED) is 0.253. The maximum Gasteiger partial charge on any atom is 0.208 e. The molecule has 20 heavy (non-hydrogen) atoms. The zero-order chi connectivity index (χ0) is 14.2. The van der Waals surface area contributed by atoms with Gasteiger partial charge in [0, 0.05) is 32.3 Å². The fourth-order valence-electron chi connectivity index (χ4n) is 2.06. The molecule has 0 radical (unpaired) electrons. The molecule has 0 amide bonds. The van der Waals surface area contributed by atoms with Crippen molar-refractivity contribution in [1.29, 1.82) is 0 Å². The number of guanidine groups is 1. The third kappa shape index (κ3) is 4.77. The molecule has 0 unspecified atom stereocenters. The molecule has 0 atom stereocenters. The minimum absolute atomic E-state index is 0.580. The molecule has 1 aromatic heterocycles. The smallest absolute Gasteiger partial charge is 0.208 e. The Hall–Kier alpha value is -1.11. The molecular formula is C14H24N4OS. The van der Waals surface area contributed by atoms with Crippen molar-refractivity contribution >= 4 is 17.3 Å². The van der Waals surface area contributed by atoms with Gasteiger partial charge in [-0.3, -0.25) is 10.4 Å².